The number of ether oxygens (including phenoxy) is 1. The lowest BCUT2D eigenvalue weighted by atomic mass is 10.3. The number of hydrogen-bond donors (Lipinski definition) is 1. The van der Waals surface area contributed by atoms with E-state index in [9.17, 15) is 8.42 Å². The first-order chi connectivity index (χ1) is 9.98. The number of halogens is 1. The van der Waals surface area contributed by atoms with E-state index < -0.39 is 10.0 Å². The predicted molar refractivity (Wildman–Crippen MR) is 84.1 cm³/mol. The van der Waals surface area contributed by atoms with Gasteiger partial charge in [0.15, 0.2) is 13.8 Å². The Hall–Kier alpha value is -1.42. The molecule has 2 aromatic heterocycles. The average Bonchev–Trinajstić information content (AvgIpc) is 3.03. The third-order valence-corrected chi connectivity index (χ3v) is 6.52. The first kappa shape index (κ1) is 14.5. The van der Waals surface area contributed by atoms with Crippen molar-refractivity contribution >= 4 is 59.6 Å². The van der Waals surface area contributed by atoms with Crippen molar-refractivity contribution in [2.45, 2.75) is 4.21 Å². The topological polar surface area (TPSA) is 81.2 Å². The number of benzene rings is 1. The minimum Gasteiger partial charge on any atom is -0.497 e. The molecule has 21 heavy (non-hydrogen) atoms. The van der Waals surface area contributed by atoms with E-state index in [-0.39, 0.29) is 13.8 Å². The molecule has 0 spiro atoms. The molecule has 0 fully saturated rings. The van der Waals surface area contributed by atoms with Crippen molar-refractivity contribution in [1.82, 2.24) is 9.97 Å². The molecule has 0 aliphatic carbocycles. The zero-order chi connectivity index (χ0) is 15.0. The van der Waals surface area contributed by atoms with Gasteiger partial charge in [-0.15, -0.1) is 0 Å². The Bertz CT molecular complexity index is 904. The highest BCUT2D eigenvalue weighted by molar-refractivity contribution is 7.94. The standard InChI is InChI=1S/C11H8ClN3O3S3/c1-18-6-2-3-7-8(4-6)19-11(14-7)15-21(16,17)9-5-13-10(12)20-9/h2-5H,1H3,(H,14,15). The lowest BCUT2D eigenvalue weighted by Crippen LogP contribution is -2.11. The highest BCUT2D eigenvalue weighted by Gasteiger charge is 2.19. The van der Waals surface area contributed by atoms with Gasteiger partial charge in [0.25, 0.3) is 10.0 Å². The lowest BCUT2D eigenvalue weighted by molar-refractivity contribution is 0.415. The zero-order valence-electron chi connectivity index (χ0n) is 10.5. The van der Waals surface area contributed by atoms with Crippen LogP contribution in [0.15, 0.2) is 28.6 Å². The summed E-state index contributed by atoms with van der Waals surface area (Å²) in [7, 11) is -2.15. The van der Waals surface area contributed by atoms with Crippen molar-refractivity contribution in [2.24, 2.45) is 0 Å². The maximum atomic E-state index is 12.2. The maximum absolute atomic E-state index is 12.2. The van der Waals surface area contributed by atoms with Gasteiger partial charge in [-0.25, -0.2) is 18.4 Å². The van der Waals surface area contributed by atoms with Crippen LogP contribution in [0.3, 0.4) is 0 Å². The van der Waals surface area contributed by atoms with Crippen molar-refractivity contribution in [2.75, 3.05) is 11.8 Å². The van der Waals surface area contributed by atoms with Gasteiger partial charge in [-0.1, -0.05) is 34.3 Å². The molecule has 1 aromatic carbocycles. The van der Waals surface area contributed by atoms with Gasteiger partial charge >= 0.3 is 0 Å². The number of fused-ring (bicyclic) bond motifs is 1. The minimum absolute atomic E-state index is 0.0457. The van der Waals surface area contributed by atoms with Crippen LogP contribution in [0, 0.1) is 0 Å². The molecule has 110 valence electrons. The number of hydrogen-bond acceptors (Lipinski definition) is 7. The van der Waals surface area contributed by atoms with Crippen LogP contribution in [-0.2, 0) is 10.0 Å². The van der Waals surface area contributed by atoms with Gasteiger partial charge in [-0.05, 0) is 18.2 Å². The summed E-state index contributed by atoms with van der Waals surface area (Å²) in [5.74, 6) is 0.690. The van der Waals surface area contributed by atoms with Crippen molar-refractivity contribution in [3.8, 4) is 5.75 Å². The van der Waals surface area contributed by atoms with Crippen LogP contribution in [0.5, 0.6) is 5.75 Å². The normalized spacial score (nSPS) is 11.7. The SMILES string of the molecule is COc1ccc2nc(NS(=O)(=O)c3cnc(Cl)s3)sc2c1. The van der Waals surface area contributed by atoms with Gasteiger partial charge in [0.2, 0.25) is 0 Å². The van der Waals surface area contributed by atoms with Crippen LogP contribution in [0.4, 0.5) is 5.13 Å². The number of rotatable bonds is 4. The summed E-state index contributed by atoms with van der Waals surface area (Å²) in [5, 5.41) is 0.280. The van der Waals surface area contributed by atoms with Crippen LogP contribution in [0.2, 0.25) is 4.47 Å². The number of sulfonamides is 1. The molecule has 2 heterocycles. The van der Waals surface area contributed by atoms with Crippen LogP contribution in [0.25, 0.3) is 10.2 Å². The predicted octanol–water partition coefficient (Wildman–Crippen LogP) is 3.22. The van der Waals surface area contributed by atoms with E-state index in [1.54, 1.807) is 25.3 Å². The third-order valence-electron chi connectivity index (χ3n) is 2.54. The fraction of sp³-hybridized carbons (Fsp3) is 0.0909. The Morgan fingerprint density at radius 3 is 2.81 bits per heavy atom. The molecular weight excluding hydrogens is 354 g/mol. The van der Waals surface area contributed by atoms with Crippen molar-refractivity contribution in [3.63, 3.8) is 0 Å². The zero-order valence-corrected chi connectivity index (χ0v) is 13.7. The molecule has 0 aliphatic heterocycles. The van der Waals surface area contributed by atoms with E-state index in [1.807, 2.05) is 0 Å². The Kier molecular flexibility index (Phi) is 3.74. The molecule has 10 heteroatoms. The highest BCUT2D eigenvalue weighted by Crippen LogP contribution is 2.31. The largest absolute Gasteiger partial charge is 0.497 e. The smallest absolute Gasteiger partial charge is 0.274 e. The Labute approximate surface area is 133 Å². The first-order valence-electron chi connectivity index (χ1n) is 5.57. The van der Waals surface area contributed by atoms with Gasteiger partial charge < -0.3 is 4.74 Å². The summed E-state index contributed by atoms with van der Waals surface area (Å²) in [6.45, 7) is 0. The van der Waals surface area contributed by atoms with Crippen molar-refractivity contribution < 1.29 is 13.2 Å². The summed E-state index contributed by atoms with van der Waals surface area (Å²) >= 11 is 7.77. The summed E-state index contributed by atoms with van der Waals surface area (Å²) in [4.78, 5) is 7.95. The van der Waals surface area contributed by atoms with E-state index in [2.05, 4.69) is 14.7 Å². The molecule has 3 aromatic rings. The van der Waals surface area contributed by atoms with Gasteiger partial charge in [-0.3, -0.25) is 4.72 Å². The molecule has 1 N–H and O–H groups in total. The number of aromatic nitrogens is 2. The molecule has 0 atom stereocenters. The molecule has 6 nitrogen and oxygen atoms in total. The van der Waals surface area contributed by atoms with Crippen LogP contribution < -0.4 is 9.46 Å². The summed E-state index contributed by atoms with van der Waals surface area (Å²) < 4.78 is 32.9. The highest BCUT2D eigenvalue weighted by atomic mass is 35.5. The second-order valence-corrected chi connectivity index (χ2v) is 8.44. The summed E-state index contributed by atoms with van der Waals surface area (Å²) in [6, 6.07) is 5.34. The number of nitrogens with one attached hydrogen (secondary N) is 1. The number of nitrogens with zero attached hydrogens (tertiary/aromatic N) is 2. The molecule has 0 saturated heterocycles. The molecule has 0 unspecified atom stereocenters. The molecule has 3 rings (SSSR count). The second kappa shape index (κ2) is 5.41. The monoisotopic (exact) mass is 361 g/mol. The van der Waals surface area contributed by atoms with E-state index >= 15 is 0 Å². The third kappa shape index (κ3) is 2.95. The van der Waals surface area contributed by atoms with E-state index in [1.165, 1.54) is 17.5 Å². The van der Waals surface area contributed by atoms with Crippen molar-refractivity contribution in [3.05, 3.63) is 28.9 Å². The van der Waals surface area contributed by atoms with Crippen LogP contribution in [-0.4, -0.2) is 25.5 Å². The minimum atomic E-state index is -3.72. The number of methoxy groups -OCH3 is 1. The second-order valence-electron chi connectivity index (χ2n) is 3.89. The number of thiazole rings is 2. The van der Waals surface area contributed by atoms with Gasteiger partial charge in [0.1, 0.15) is 5.75 Å². The van der Waals surface area contributed by atoms with E-state index in [0.717, 1.165) is 16.0 Å². The van der Waals surface area contributed by atoms with Gasteiger partial charge in [0, 0.05) is 0 Å². The molecule has 0 bridgehead atoms. The molecule has 0 aliphatic rings. The van der Waals surface area contributed by atoms with Gasteiger partial charge in [0.05, 0.1) is 23.5 Å². The van der Waals surface area contributed by atoms with Crippen molar-refractivity contribution in [1.29, 1.82) is 0 Å². The molecular formula is C11H8ClN3O3S3. The first-order valence-corrected chi connectivity index (χ1v) is 9.06. The fourth-order valence-electron chi connectivity index (χ4n) is 1.60. The fourth-order valence-corrected chi connectivity index (χ4v) is 5.03. The Morgan fingerprint density at radius 2 is 2.14 bits per heavy atom. The Balaban J connectivity index is 1.94. The summed E-state index contributed by atoms with van der Waals surface area (Å²) in [5.41, 5.74) is 0.695. The Morgan fingerprint density at radius 1 is 1.33 bits per heavy atom. The van der Waals surface area contributed by atoms with E-state index in [4.69, 9.17) is 16.3 Å². The molecule has 0 saturated carbocycles. The van der Waals surface area contributed by atoms with Crippen LogP contribution >= 0.6 is 34.3 Å². The average molecular weight is 362 g/mol. The maximum Gasteiger partial charge on any atom is 0.274 e. The van der Waals surface area contributed by atoms with Gasteiger partial charge in [-0.2, -0.15) is 0 Å². The van der Waals surface area contributed by atoms with E-state index in [0.29, 0.717) is 11.3 Å². The molecule has 0 radical (unpaired) electrons. The quantitative estimate of drug-likeness (QED) is 0.771. The van der Waals surface area contributed by atoms with Crippen LogP contribution in [0.1, 0.15) is 0 Å². The lowest BCUT2D eigenvalue weighted by Gasteiger charge is -2.00. The molecule has 0 amide bonds. The number of anilines is 1. The summed E-state index contributed by atoms with van der Waals surface area (Å²) in [6.07, 6.45) is 1.21.